The van der Waals surface area contributed by atoms with Gasteiger partial charge in [-0.3, -0.25) is 20.0 Å². The number of para-hydroxylation sites is 4. The Kier molecular flexibility index (Phi) is 26.7. The zero-order valence-electron chi connectivity index (χ0n) is 55.8. The normalized spacial score (nSPS) is 14.6. The summed E-state index contributed by atoms with van der Waals surface area (Å²) in [5.74, 6) is -0.314. The van der Waals surface area contributed by atoms with Gasteiger partial charge in [-0.2, -0.15) is 0 Å². The van der Waals surface area contributed by atoms with Crippen LogP contribution in [0.5, 0.6) is 23.0 Å². The second kappa shape index (κ2) is 32.8. The Bertz CT molecular complexity index is 4200. The third kappa shape index (κ3) is 17.0. The Labute approximate surface area is 668 Å². The molecular weight excluding hydrogens is 1720 g/mol. The van der Waals surface area contributed by atoms with Crippen molar-refractivity contribution in [1.29, 1.82) is 0 Å². The quantitative estimate of drug-likeness (QED) is 0.0871. The minimum Gasteiger partial charge on any atom is 0 e. The first kappa shape index (κ1) is 79.1. The Morgan fingerprint density at radius 1 is 0.361 bits per heavy atom. The van der Waals surface area contributed by atoms with E-state index >= 15 is 0 Å². The fourth-order valence-corrected chi connectivity index (χ4v) is 13.3. The first-order chi connectivity index (χ1) is 45.0. The number of carbonyl (C=O) groups excluding carboxylic acids is 1. The second-order valence-electron chi connectivity index (χ2n) is 25.3. The van der Waals surface area contributed by atoms with Gasteiger partial charge in [0.1, 0.15) is 23.0 Å². The van der Waals surface area contributed by atoms with E-state index in [9.17, 15) is 20.4 Å². The minimum atomic E-state index is -3.06. The van der Waals surface area contributed by atoms with E-state index in [4.69, 9.17) is 67.5 Å². The summed E-state index contributed by atoms with van der Waals surface area (Å²) >= 11 is -0.556. The molecule has 0 radical (unpaired) electrons. The van der Waals surface area contributed by atoms with Gasteiger partial charge in [-0.1, -0.05) is 177 Å². The molecule has 0 saturated heterocycles. The summed E-state index contributed by atoms with van der Waals surface area (Å²) in [7, 11) is 20.0. The van der Waals surface area contributed by atoms with Crippen LogP contribution in [0.25, 0.3) is 44.5 Å². The smallest absolute Gasteiger partial charge is 0 e. The van der Waals surface area contributed by atoms with Gasteiger partial charge in [0.2, 0.25) is 0 Å². The predicted molar refractivity (Wildman–Crippen MR) is 390 cm³/mol. The van der Waals surface area contributed by atoms with Gasteiger partial charge < -0.3 is 30.3 Å². The Balaban J connectivity index is 0.000000212. The van der Waals surface area contributed by atoms with E-state index in [2.05, 4.69) is 128 Å². The molecule has 0 aromatic heterocycles. The van der Waals surface area contributed by atoms with Crippen LogP contribution < -0.4 is 34.7 Å². The van der Waals surface area contributed by atoms with Crippen molar-refractivity contribution < 1.29 is 92.8 Å². The number of hydrogen-bond donors (Lipinski definition) is 4. The summed E-state index contributed by atoms with van der Waals surface area (Å²) in [6.45, 7) is 18.7. The minimum absolute atomic E-state index is 0. The van der Waals surface area contributed by atoms with E-state index in [-0.39, 0.29) is 95.3 Å². The third-order valence-corrected chi connectivity index (χ3v) is 18.1. The molecule has 10 aromatic rings. The fraction of sp³-hybridized carbons (Fsp3) is 0.167. The van der Waals surface area contributed by atoms with Gasteiger partial charge in [-0.15, -0.1) is 0 Å². The fourth-order valence-electron chi connectivity index (χ4n) is 13.3. The maximum Gasteiger partial charge on any atom is 1.00 e. The molecule has 0 atom stereocenters. The molecule has 4 aliphatic rings. The molecule has 0 spiro atoms. The summed E-state index contributed by atoms with van der Waals surface area (Å²) in [5, 5.41) is 52.6. The van der Waals surface area contributed by atoms with Crippen LogP contribution in [0.1, 0.15) is 129 Å². The van der Waals surface area contributed by atoms with Crippen molar-refractivity contribution in [2.24, 2.45) is 20.0 Å². The van der Waals surface area contributed by atoms with Gasteiger partial charge in [-0.05, 0) is 169 Å². The van der Waals surface area contributed by atoms with E-state index in [1.807, 2.05) is 121 Å². The molecule has 19 heteroatoms. The van der Waals surface area contributed by atoms with Crippen LogP contribution in [0.4, 0.5) is 22.7 Å². The standard InChI is InChI=1S/2C38H32N2O2.C2H4O2.4ClH.2K.Na.2Pt/c2*1-37(2)29-13-7-5-11-25(29)27-19-35(41)23(17-31(27)37)21-39-33-15-9-10-16-34(33)40-22-24-18-32-28(20-36(24)42)26-12-6-8-14-30(26)38(32,3)4;1-2(3)4;;;;;;;;;/h2*5-22,41-42H,1-4H3;1H3,(H,3,4);4*1H;;;;;/q;;;;;;;;;+1;;+4/p-5. The number of nitrogens with zero attached hydrogens (tertiary/aromatic N) is 4. The molecule has 10 nitrogen and oxygen atoms in total. The maximum atomic E-state index is 10.9. The maximum absolute atomic E-state index is 10.9. The Morgan fingerprint density at radius 3 is 0.711 bits per heavy atom. The zero-order chi connectivity index (χ0) is 68.5. The second-order valence-corrected chi connectivity index (χ2v) is 45.0. The van der Waals surface area contributed by atoms with Gasteiger partial charge in [0.25, 0.3) is 0 Å². The van der Waals surface area contributed by atoms with Gasteiger partial charge >= 0.3 is 142 Å². The van der Waals surface area contributed by atoms with E-state index in [1.54, 1.807) is 24.9 Å². The third-order valence-electron chi connectivity index (χ3n) is 18.1. The summed E-state index contributed by atoms with van der Waals surface area (Å²) in [5.41, 5.74) is 23.3. The van der Waals surface area contributed by atoms with Crippen molar-refractivity contribution in [1.82, 2.24) is 0 Å². The number of fused-ring (bicyclic) bond motifs is 12. The number of benzene rings is 10. The van der Waals surface area contributed by atoms with Crippen molar-refractivity contribution in [3.05, 3.63) is 261 Å². The van der Waals surface area contributed by atoms with Crippen molar-refractivity contribution in [3.63, 3.8) is 0 Å². The van der Waals surface area contributed by atoms with E-state index < -0.39 is 17.9 Å². The molecule has 4 N–H and O–H groups in total. The molecule has 0 heterocycles. The monoisotopic (exact) mass is 1790 g/mol. The Morgan fingerprint density at radius 2 is 0.526 bits per heavy atom. The van der Waals surface area contributed by atoms with Gasteiger partial charge in [0, 0.05) is 95.8 Å². The molecule has 14 rings (SSSR count). The number of carbonyl (C=O) groups is 1. The molecule has 0 amide bonds. The molecule has 4 aliphatic carbocycles. The van der Waals surface area contributed by atoms with Crippen LogP contribution in [-0.4, -0.2) is 114 Å². The largest absolute Gasteiger partial charge is 1.00 e. The van der Waals surface area contributed by atoms with Gasteiger partial charge in [0.05, 0.1) is 22.7 Å². The number of rotatable bonds is 8. The summed E-state index contributed by atoms with van der Waals surface area (Å²) in [6.07, 6.45) is 6.82. The Hall–Kier alpha value is -3.64. The first-order valence-corrected chi connectivity index (χ1v) is 58.2. The molecule has 0 fully saturated rings. The van der Waals surface area contributed by atoms with Gasteiger partial charge in [-0.25, -0.2) is 0 Å². The number of carboxylic acids is 1. The number of aliphatic imine (C=N–C) groups is 4. The molecule has 0 bridgehead atoms. The number of phenols is 4. The number of halogens is 4. The van der Waals surface area contributed by atoms with Crippen LogP contribution in [0, 0.1) is 0 Å². The first-order valence-electron chi connectivity index (χ1n) is 30.9. The van der Waals surface area contributed by atoms with Crippen molar-refractivity contribution >= 4 is 154 Å². The van der Waals surface area contributed by atoms with Crippen molar-refractivity contribution in [3.8, 4) is 67.5 Å². The molecule has 0 saturated carbocycles. The summed E-state index contributed by atoms with van der Waals surface area (Å²) in [4.78, 5) is 27.9. The number of aromatic hydroxyl groups is 4. The SMILES string of the molecule is CC(=O)[O-].CC1(C)c2ccccc2-c2cc(O)c(C=Nc3ccccc3N=Cc3cc4c(cc3O)-c3ccccc3C4(C)C)cc21.CC1(C)c2ccccc2-c2cc(O)c(C=Nc3ccccc3N=Cc3cc4c(cc3O)-c3ccccc3C4(C)C)cc21.[Cl][Pt]([Cl])([Cl])[Cl].[K][K].[Na+].[Pt]. The van der Waals surface area contributed by atoms with Gasteiger partial charge in [0.15, 0.2) is 0 Å². The van der Waals surface area contributed by atoms with E-state index in [0.29, 0.717) is 45.0 Å². The number of phenolic OH excluding ortho intramolecular Hbond substituents is 4. The number of hydrogen-bond acceptors (Lipinski definition) is 10. The summed E-state index contributed by atoms with van der Waals surface area (Å²) < 4.78 is 0. The van der Waals surface area contributed by atoms with Crippen molar-refractivity contribution in [2.45, 2.75) is 84.0 Å². The predicted octanol–water partition coefficient (Wildman–Crippen LogP) is 16.2. The van der Waals surface area contributed by atoms with E-state index in [1.165, 1.54) is 108 Å². The number of carboxylic acid groups (broad SMARTS) is 1. The topological polar surface area (TPSA) is 170 Å². The van der Waals surface area contributed by atoms with Crippen LogP contribution in [0.3, 0.4) is 0 Å². The average Bonchev–Trinajstić information content (AvgIpc) is 1.61. The van der Waals surface area contributed by atoms with Crippen LogP contribution in [0.15, 0.2) is 214 Å². The molecule has 486 valence electrons. The van der Waals surface area contributed by atoms with Crippen LogP contribution >= 0.6 is 37.7 Å². The average molecular weight is 1790 g/mol. The number of aliphatic carboxylic acids is 1. The van der Waals surface area contributed by atoms with Crippen LogP contribution in [0.2, 0.25) is 0 Å². The molecule has 0 aliphatic heterocycles. The van der Waals surface area contributed by atoms with Crippen LogP contribution in [-0.2, 0) is 59.4 Å². The van der Waals surface area contributed by atoms with E-state index in [0.717, 1.165) is 51.4 Å². The molecule has 97 heavy (non-hydrogen) atoms. The molecule has 10 aromatic carbocycles. The molecule has 0 unspecified atom stereocenters. The van der Waals surface area contributed by atoms with Crippen molar-refractivity contribution in [2.75, 3.05) is 0 Å². The zero-order valence-corrected chi connectivity index (χ0v) is 71.6. The molecular formula is C78H67Cl4K2N4NaO6Pt2. The summed E-state index contributed by atoms with van der Waals surface area (Å²) in [6, 6.07) is 64.3.